The molecule has 168 valence electrons. The fourth-order valence-corrected chi connectivity index (χ4v) is 3.51. The zero-order valence-corrected chi connectivity index (χ0v) is 18.1. The summed E-state index contributed by atoms with van der Waals surface area (Å²) in [7, 11) is 0. The SMILES string of the molecule is O=C(COC(=O)c1ccc(N2C(=O)CC(NCc3ccco3)C2=O)cc1)c1ccc(Cl)cc1. The fraction of sp³-hybridized carbons (Fsp3) is 0.167. The van der Waals surface area contributed by atoms with E-state index in [9.17, 15) is 19.2 Å². The van der Waals surface area contributed by atoms with E-state index in [0.29, 0.717) is 28.6 Å². The quantitative estimate of drug-likeness (QED) is 0.308. The first-order chi connectivity index (χ1) is 15.9. The number of nitrogens with zero attached hydrogens (tertiary/aromatic N) is 1. The number of imide groups is 1. The molecule has 1 aliphatic heterocycles. The van der Waals surface area contributed by atoms with Crippen molar-refractivity contribution in [2.45, 2.75) is 19.0 Å². The van der Waals surface area contributed by atoms with E-state index in [-0.39, 0.29) is 29.6 Å². The van der Waals surface area contributed by atoms with Crippen molar-refractivity contribution in [3.8, 4) is 0 Å². The first kappa shape index (κ1) is 22.4. The Hall–Kier alpha value is -3.75. The van der Waals surface area contributed by atoms with Crippen LogP contribution in [0.25, 0.3) is 0 Å². The Morgan fingerprint density at radius 1 is 1.03 bits per heavy atom. The van der Waals surface area contributed by atoms with E-state index in [1.54, 1.807) is 36.4 Å². The number of carbonyl (C=O) groups is 4. The molecule has 8 nitrogen and oxygen atoms in total. The van der Waals surface area contributed by atoms with Gasteiger partial charge >= 0.3 is 5.97 Å². The zero-order valence-electron chi connectivity index (χ0n) is 17.3. The molecule has 2 amide bonds. The van der Waals surface area contributed by atoms with Crippen LogP contribution in [0.4, 0.5) is 5.69 Å². The number of Topliss-reactive ketones (excluding diaryl/α,β-unsaturated/α-hetero) is 1. The number of anilines is 1. The number of esters is 1. The van der Waals surface area contributed by atoms with E-state index in [1.807, 2.05) is 0 Å². The molecule has 0 bridgehead atoms. The molecule has 1 atom stereocenters. The summed E-state index contributed by atoms with van der Waals surface area (Å²) < 4.78 is 10.3. The molecule has 1 saturated heterocycles. The maximum atomic E-state index is 12.7. The number of ketones is 1. The Kier molecular flexibility index (Phi) is 6.67. The van der Waals surface area contributed by atoms with Crippen molar-refractivity contribution in [2.24, 2.45) is 0 Å². The fourth-order valence-electron chi connectivity index (χ4n) is 3.38. The summed E-state index contributed by atoms with van der Waals surface area (Å²) >= 11 is 5.80. The Labute approximate surface area is 194 Å². The van der Waals surface area contributed by atoms with Gasteiger partial charge in [0.05, 0.1) is 36.5 Å². The lowest BCUT2D eigenvalue weighted by molar-refractivity contribution is -0.121. The molecule has 33 heavy (non-hydrogen) atoms. The van der Waals surface area contributed by atoms with Crippen LogP contribution in [-0.2, 0) is 20.9 Å². The molecular formula is C24H19ClN2O6. The van der Waals surface area contributed by atoms with Crippen molar-refractivity contribution in [1.29, 1.82) is 0 Å². The highest BCUT2D eigenvalue weighted by Gasteiger charge is 2.39. The molecule has 1 aliphatic rings. The molecule has 2 heterocycles. The second-order valence-corrected chi connectivity index (χ2v) is 7.77. The molecule has 0 saturated carbocycles. The standard InChI is InChI=1S/C24H19ClN2O6/c25-17-7-3-15(4-8-17)21(28)14-33-24(31)16-5-9-18(10-6-16)27-22(29)12-20(23(27)30)26-13-19-2-1-11-32-19/h1-11,20,26H,12-14H2. The summed E-state index contributed by atoms with van der Waals surface area (Å²) in [5.74, 6) is -1.12. The highest BCUT2D eigenvalue weighted by atomic mass is 35.5. The summed E-state index contributed by atoms with van der Waals surface area (Å²) in [5.41, 5.74) is 0.916. The Morgan fingerprint density at radius 2 is 1.73 bits per heavy atom. The van der Waals surface area contributed by atoms with Crippen LogP contribution in [0.15, 0.2) is 71.3 Å². The Balaban J connectivity index is 1.34. The molecule has 0 aliphatic carbocycles. The molecule has 0 spiro atoms. The molecule has 0 radical (unpaired) electrons. The van der Waals surface area contributed by atoms with E-state index in [4.69, 9.17) is 20.8 Å². The molecule has 1 unspecified atom stereocenters. The molecule has 1 N–H and O–H groups in total. The Morgan fingerprint density at radius 3 is 2.39 bits per heavy atom. The van der Waals surface area contributed by atoms with Gasteiger partial charge in [0.25, 0.3) is 5.91 Å². The smallest absolute Gasteiger partial charge is 0.338 e. The number of ether oxygens (including phenoxy) is 1. The van der Waals surface area contributed by atoms with E-state index >= 15 is 0 Å². The number of nitrogens with one attached hydrogen (secondary N) is 1. The van der Waals surface area contributed by atoms with Crippen molar-refractivity contribution in [3.63, 3.8) is 0 Å². The van der Waals surface area contributed by atoms with Gasteiger partial charge in [-0.05, 0) is 60.7 Å². The number of amides is 2. The van der Waals surface area contributed by atoms with Crippen LogP contribution in [0.2, 0.25) is 5.02 Å². The third-order valence-corrected chi connectivity index (χ3v) is 5.36. The van der Waals surface area contributed by atoms with Crippen LogP contribution in [0, 0.1) is 0 Å². The summed E-state index contributed by atoms with van der Waals surface area (Å²) in [4.78, 5) is 50.6. The highest BCUT2D eigenvalue weighted by Crippen LogP contribution is 2.24. The van der Waals surface area contributed by atoms with E-state index < -0.39 is 18.6 Å². The predicted octanol–water partition coefficient (Wildman–Crippen LogP) is 3.39. The molecule has 9 heteroatoms. The average Bonchev–Trinajstić information content (AvgIpc) is 3.44. The number of carbonyl (C=O) groups excluding carboxylic acids is 4. The van der Waals surface area contributed by atoms with E-state index in [2.05, 4.69) is 5.32 Å². The van der Waals surface area contributed by atoms with Crippen molar-refractivity contribution >= 4 is 40.9 Å². The van der Waals surface area contributed by atoms with Gasteiger partial charge in [-0.15, -0.1) is 0 Å². The number of hydrogen-bond donors (Lipinski definition) is 1. The van der Waals surface area contributed by atoms with Crippen LogP contribution in [0.5, 0.6) is 0 Å². The van der Waals surface area contributed by atoms with E-state index in [1.165, 1.54) is 30.5 Å². The van der Waals surface area contributed by atoms with Crippen molar-refractivity contribution in [2.75, 3.05) is 11.5 Å². The largest absolute Gasteiger partial charge is 0.468 e. The Bertz CT molecular complexity index is 1170. The van der Waals surface area contributed by atoms with Crippen LogP contribution in [-0.4, -0.2) is 36.2 Å². The normalized spacial score (nSPS) is 15.7. The average molecular weight is 467 g/mol. The summed E-state index contributed by atoms with van der Waals surface area (Å²) in [6, 6.07) is 15.0. The minimum atomic E-state index is -0.694. The van der Waals surface area contributed by atoms with Gasteiger partial charge in [-0.3, -0.25) is 19.7 Å². The predicted molar refractivity (Wildman–Crippen MR) is 119 cm³/mol. The van der Waals surface area contributed by atoms with Crippen LogP contribution >= 0.6 is 11.6 Å². The van der Waals surface area contributed by atoms with Crippen LogP contribution in [0.1, 0.15) is 32.9 Å². The minimum absolute atomic E-state index is 0.0240. The molecule has 4 rings (SSSR count). The summed E-state index contributed by atoms with van der Waals surface area (Å²) in [6.45, 7) is -0.0988. The third kappa shape index (κ3) is 5.19. The van der Waals surface area contributed by atoms with Gasteiger partial charge in [-0.2, -0.15) is 0 Å². The number of hydrogen-bond acceptors (Lipinski definition) is 7. The number of halogens is 1. The number of rotatable bonds is 8. The van der Waals surface area contributed by atoms with Gasteiger partial charge in [0, 0.05) is 10.6 Å². The molecule has 3 aromatic rings. The molecular weight excluding hydrogens is 448 g/mol. The second kappa shape index (κ2) is 9.81. The first-order valence-corrected chi connectivity index (χ1v) is 10.5. The minimum Gasteiger partial charge on any atom is -0.468 e. The third-order valence-electron chi connectivity index (χ3n) is 5.11. The molecule has 2 aromatic carbocycles. The van der Waals surface area contributed by atoms with Gasteiger partial charge in [0.1, 0.15) is 5.76 Å². The lowest BCUT2D eigenvalue weighted by Crippen LogP contribution is -2.38. The zero-order chi connectivity index (χ0) is 23.4. The van der Waals surface area contributed by atoms with Gasteiger partial charge in [0.15, 0.2) is 12.4 Å². The van der Waals surface area contributed by atoms with Gasteiger partial charge in [0.2, 0.25) is 5.91 Å². The molecule has 1 fully saturated rings. The van der Waals surface area contributed by atoms with Gasteiger partial charge in [-0.1, -0.05) is 11.6 Å². The monoisotopic (exact) mass is 466 g/mol. The maximum absolute atomic E-state index is 12.7. The summed E-state index contributed by atoms with van der Waals surface area (Å²) in [5, 5.41) is 3.52. The van der Waals surface area contributed by atoms with Crippen LogP contribution < -0.4 is 10.2 Å². The van der Waals surface area contributed by atoms with Gasteiger partial charge < -0.3 is 9.15 Å². The number of furan rings is 1. The lowest BCUT2D eigenvalue weighted by Gasteiger charge is -2.15. The van der Waals surface area contributed by atoms with Crippen LogP contribution in [0.3, 0.4) is 0 Å². The van der Waals surface area contributed by atoms with Crippen molar-refractivity contribution in [3.05, 3.63) is 88.8 Å². The summed E-state index contributed by atoms with van der Waals surface area (Å²) in [6.07, 6.45) is 1.56. The highest BCUT2D eigenvalue weighted by molar-refractivity contribution is 6.30. The van der Waals surface area contributed by atoms with E-state index in [0.717, 1.165) is 4.90 Å². The van der Waals surface area contributed by atoms with Gasteiger partial charge in [-0.25, -0.2) is 9.69 Å². The van der Waals surface area contributed by atoms with Crippen molar-refractivity contribution < 1.29 is 28.3 Å². The lowest BCUT2D eigenvalue weighted by atomic mass is 10.1. The van der Waals surface area contributed by atoms with Crippen molar-refractivity contribution in [1.82, 2.24) is 5.32 Å². The second-order valence-electron chi connectivity index (χ2n) is 7.34. The molecule has 1 aromatic heterocycles. The topological polar surface area (TPSA) is 106 Å². The first-order valence-electron chi connectivity index (χ1n) is 10.1. The number of benzene rings is 2. The maximum Gasteiger partial charge on any atom is 0.338 e.